The number of nitrogens with one attached hydrogen (secondary N) is 1. The van der Waals surface area contributed by atoms with E-state index < -0.39 is 5.82 Å². The first-order valence-electron chi connectivity index (χ1n) is 5.95. The highest BCUT2D eigenvalue weighted by molar-refractivity contribution is 5.68. The van der Waals surface area contributed by atoms with Crippen LogP contribution in [0.5, 0.6) is 5.75 Å². The molecule has 0 saturated heterocycles. The number of halogens is 1. The number of hydrogen-bond acceptors (Lipinski definition) is 5. The Morgan fingerprint density at radius 2 is 2.26 bits per heavy atom. The predicted octanol–water partition coefficient (Wildman–Crippen LogP) is 2.80. The van der Waals surface area contributed by atoms with Gasteiger partial charge in [0.25, 0.3) is 0 Å². The van der Waals surface area contributed by atoms with Gasteiger partial charge in [0.2, 0.25) is 0 Å². The SMILES string of the molecule is CC(C)Oc1cc(NCc2ccno2)c(N)cc1F. The highest BCUT2D eigenvalue weighted by Crippen LogP contribution is 2.29. The first kappa shape index (κ1) is 13.2. The van der Waals surface area contributed by atoms with E-state index in [0.29, 0.717) is 23.7 Å². The number of benzene rings is 1. The summed E-state index contributed by atoms with van der Waals surface area (Å²) in [7, 11) is 0. The number of ether oxygens (including phenoxy) is 1. The molecule has 0 aliphatic heterocycles. The van der Waals surface area contributed by atoms with Gasteiger partial charge in [0.05, 0.1) is 30.2 Å². The monoisotopic (exact) mass is 265 g/mol. The van der Waals surface area contributed by atoms with Crippen LogP contribution in [0.3, 0.4) is 0 Å². The number of aromatic nitrogens is 1. The Labute approximate surface area is 110 Å². The summed E-state index contributed by atoms with van der Waals surface area (Å²) in [6, 6.07) is 4.51. The molecule has 1 heterocycles. The minimum Gasteiger partial charge on any atom is -0.488 e. The number of nitrogen functional groups attached to an aromatic ring is 1. The quantitative estimate of drug-likeness (QED) is 0.813. The number of hydrogen-bond donors (Lipinski definition) is 2. The van der Waals surface area contributed by atoms with Gasteiger partial charge in [-0.05, 0) is 13.8 Å². The van der Waals surface area contributed by atoms with Crippen molar-refractivity contribution in [2.75, 3.05) is 11.1 Å². The Balaban J connectivity index is 2.15. The van der Waals surface area contributed by atoms with Crippen LogP contribution in [0.15, 0.2) is 28.9 Å². The van der Waals surface area contributed by atoms with E-state index in [1.54, 1.807) is 18.3 Å². The summed E-state index contributed by atoms with van der Waals surface area (Å²) < 4.78 is 24.0. The summed E-state index contributed by atoms with van der Waals surface area (Å²) in [5.41, 5.74) is 6.66. The number of nitrogens with two attached hydrogens (primary N) is 1. The highest BCUT2D eigenvalue weighted by Gasteiger charge is 2.11. The first-order chi connectivity index (χ1) is 9.06. The maximum Gasteiger partial charge on any atom is 0.167 e. The van der Waals surface area contributed by atoms with Crippen molar-refractivity contribution < 1.29 is 13.7 Å². The molecule has 0 atom stereocenters. The van der Waals surface area contributed by atoms with Gasteiger partial charge in [-0.2, -0.15) is 0 Å². The summed E-state index contributed by atoms with van der Waals surface area (Å²) >= 11 is 0. The minimum absolute atomic E-state index is 0.111. The van der Waals surface area contributed by atoms with Crippen LogP contribution in [0.25, 0.3) is 0 Å². The summed E-state index contributed by atoms with van der Waals surface area (Å²) in [5, 5.41) is 6.65. The van der Waals surface area contributed by atoms with Crippen molar-refractivity contribution in [3.05, 3.63) is 36.0 Å². The van der Waals surface area contributed by atoms with Crippen molar-refractivity contribution in [3.63, 3.8) is 0 Å². The summed E-state index contributed by atoms with van der Waals surface area (Å²) in [6.45, 7) is 4.08. The molecule has 0 unspecified atom stereocenters. The highest BCUT2D eigenvalue weighted by atomic mass is 19.1. The molecule has 3 N–H and O–H groups in total. The zero-order chi connectivity index (χ0) is 13.8. The molecule has 0 aliphatic carbocycles. The number of nitrogens with zero attached hydrogens (tertiary/aromatic N) is 1. The third-order valence-electron chi connectivity index (χ3n) is 2.41. The Hall–Kier alpha value is -2.24. The second-order valence-electron chi connectivity index (χ2n) is 4.37. The summed E-state index contributed by atoms with van der Waals surface area (Å²) in [5.74, 6) is 0.357. The molecule has 2 aromatic rings. The van der Waals surface area contributed by atoms with Gasteiger partial charge in [-0.15, -0.1) is 0 Å². The lowest BCUT2D eigenvalue weighted by atomic mass is 10.2. The van der Waals surface area contributed by atoms with E-state index >= 15 is 0 Å². The average Bonchev–Trinajstić information content (AvgIpc) is 2.83. The maximum absolute atomic E-state index is 13.6. The molecule has 0 amide bonds. The molecule has 0 radical (unpaired) electrons. The fourth-order valence-electron chi connectivity index (χ4n) is 1.58. The largest absolute Gasteiger partial charge is 0.488 e. The van der Waals surface area contributed by atoms with Gasteiger partial charge in [0.1, 0.15) is 0 Å². The van der Waals surface area contributed by atoms with E-state index in [1.807, 2.05) is 13.8 Å². The van der Waals surface area contributed by atoms with Gasteiger partial charge < -0.3 is 20.3 Å². The normalized spacial score (nSPS) is 10.7. The van der Waals surface area contributed by atoms with E-state index in [2.05, 4.69) is 10.5 Å². The molecule has 6 heteroatoms. The van der Waals surface area contributed by atoms with Crippen LogP contribution >= 0.6 is 0 Å². The van der Waals surface area contributed by atoms with Crippen LogP contribution in [0.2, 0.25) is 0 Å². The van der Waals surface area contributed by atoms with Gasteiger partial charge >= 0.3 is 0 Å². The van der Waals surface area contributed by atoms with Gasteiger partial charge in [-0.3, -0.25) is 0 Å². The van der Waals surface area contributed by atoms with Crippen molar-refractivity contribution in [2.45, 2.75) is 26.5 Å². The molecule has 0 bridgehead atoms. The van der Waals surface area contributed by atoms with E-state index in [1.165, 1.54) is 6.07 Å². The van der Waals surface area contributed by atoms with Gasteiger partial charge in [-0.1, -0.05) is 5.16 Å². The van der Waals surface area contributed by atoms with E-state index in [-0.39, 0.29) is 11.9 Å². The third-order valence-corrected chi connectivity index (χ3v) is 2.41. The molecule has 0 saturated carbocycles. The van der Waals surface area contributed by atoms with Crippen LogP contribution in [0, 0.1) is 5.82 Å². The Kier molecular flexibility index (Phi) is 3.89. The predicted molar refractivity (Wildman–Crippen MR) is 70.4 cm³/mol. The molecular formula is C13H16FN3O2. The second kappa shape index (κ2) is 5.60. The molecule has 5 nitrogen and oxygen atoms in total. The standard InChI is InChI=1S/C13H16FN3O2/c1-8(2)18-13-6-12(11(15)5-10(13)14)16-7-9-3-4-17-19-9/h3-6,8,16H,7,15H2,1-2H3. The minimum atomic E-state index is -0.476. The summed E-state index contributed by atoms with van der Waals surface area (Å²) in [4.78, 5) is 0. The van der Waals surface area contributed by atoms with Gasteiger partial charge in [0.15, 0.2) is 17.3 Å². The van der Waals surface area contributed by atoms with Crippen LogP contribution in [0.1, 0.15) is 19.6 Å². The topological polar surface area (TPSA) is 73.3 Å². The van der Waals surface area contributed by atoms with Crippen molar-refractivity contribution in [2.24, 2.45) is 0 Å². The lowest BCUT2D eigenvalue weighted by Gasteiger charge is -2.14. The lowest BCUT2D eigenvalue weighted by Crippen LogP contribution is -2.09. The Morgan fingerprint density at radius 3 is 2.89 bits per heavy atom. The van der Waals surface area contributed by atoms with Crippen molar-refractivity contribution in [3.8, 4) is 5.75 Å². The molecular weight excluding hydrogens is 249 g/mol. The Morgan fingerprint density at radius 1 is 1.47 bits per heavy atom. The average molecular weight is 265 g/mol. The summed E-state index contributed by atoms with van der Waals surface area (Å²) in [6.07, 6.45) is 1.44. The molecule has 2 rings (SSSR count). The zero-order valence-corrected chi connectivity index (χ0v) is 10.8. The molecule has 19 heavy (non-hydrogen) atoms. The first-order valence-corrected chi connectivity index (χ1v) is 5.95. The molecule has 0 spiro atoms. The van der Waals surface area contributed by atoms with Crippen LogP contribution in [0.4, 0.5) is 15.8 Å². The smallest absolute Gasteiger partial charge is 0.167 e. The molecule has 0 fully saturated rings. The molecule has 102 valence electrons. The van der Waals surface area contributed by atoms with E-state index in [0.717, 1.165) is 0 Å². The maximum atomic E-state index is 13.6. The van der Waals surface area contributed by atoms with Crippen LogP contribution < -0.4 is 15.8 Å². The second-order valence-corrected chi connectivity index (χ2v) is 4.37. The molecule has 0 aliphatic rings. The zero-order valence-electron chi connectivity index (χ0n) is 10.8. The van der Waals surface area contributed by atoms with E-state index in [4.69, 9.17) is 15.0 Å². The van der Waals surface area contributed by atoms with Gasteiger partial charge in [-0.25, -0.2) is 4.39 Å². The van der Waals surface area contributed by atoms with Crippen molar-refractivity contribution >= 4 is 11.4 Å². The number of anilines is 2. The van der Waals surface area contributed by atoms with E-state index in [9.17, 15) is 4.39 Å². The van der Waals surface area contributed by atoms with Crippen molar-refractivity contribution in [1.82, 2.24) is 5.16 Å². The van der Waals surface area contributed by atoms with Crippen molar-refractivity contribution in [1.29, 1.82) is 0 Å². The fourth-order valence-corrected chi connectivity index (χ4v) is 1.58. The third kappa shape index (κ3) is 3.37. The van der Waals surface area contributed by atoms with Crippen LogP contribution in [-0.2, 0) is 6.54 Å². The lowest BCUT2D eigenvalue weighted by molar-refractivity contribution is 0.231. The van der Waals surface area contributed by atoms with Gasteiger partial charge in [0, 0.05) is 18.2 Å². The van der Waals surface area contributed by atoms with Crippen LogP contribution in [-0.4, -0.2) is 11.3 Å². The fraction of sp³-hybridized carbons (Fsp3) is 0.308. The molecule has 1 aromatic carbocycles. The number of rotatable bonds is 5. The Bertz CT molecular complexity index is 541. The molecule has 1 aromatic heterocycles.